The lowest BCUT2D eigenvalue weighted by Gasteiger charge is -2.15. The second kappa shape index (κ2) is 6.51. The summed E-state index contributed by atoms with van der Waals surface area (Å²) in [7, 11) is -3.35. The summed E-state index contributed by atoms with van der Waals surface area (Å²) in [4.78, 5) is 7.99. The first-order valence-corrected chi connectivity index (χ1v) is 8.91. The third-order valence-electron chi connectivity index (χ3n) is 3.60. The van der Waals surface area contributed by atoms with E-state index in [1.165, 1.54) is 4.31 Å². The summed E-state index contributed by atoms with van der Waals surface area (Å²) in [5, 5.41) is 0. The number of hydrogen-bond acceptors (Lipinski definition) is 6. The van der Waals surface area contributed by atoms with Crippen molar-refractivity contribution in [1.29, 1.82) is 0 Å². The Hall–Kier alpha value is -2.19. The zero-order valence-corrected chi connectivity index (χ0v) is 13.4. The zero-order chi connectivity index (χ0) is 16.3. The average Bonchev–Trinajstić information content (AvgIpc) is 2.96. The highest BCUT2D eigenvalue weighted by molar-refractivity contribution is 7.89. The molecule has 2 N–H and O–H groups in total. The van der Waals surface area contributed by atoms with Gasteiger partial charge in [-0.2, -0.15) is 4.31 Å². The van der Waals surface area contributed by atoms with Gasteiger partial charge in [-0.15, -0.1) is 0 Å². The predicted molar refractivity (Wildman–Crippen MR) is 86.0 cm³/mol. The average molecular weight is 334 g/mol. The first-order valence-electron chi connectivity index (χ1n) is 7.30. The number of nitrogens with zero attached hydrogens (tertiary/aromatic N) is 3. The van der Waals surface area contributed by atoms with Gasteiger partial charge in [0.25, 0.3) is 0 Å². The van der Waals surface area contributed by atoms with Gasteiger partial charge in [0.1, 0.15) is 5.75 Å². The lowest BCUT2D eigenvalue weighted by Crippen LogP contribution is -2.28. The van der Waals surface area contributed by atoms with Crippen LogP contribution in [0.4, 0.5) is 5.95 Å². The van der Waals surface area contributed by atoms with E-state index in [-0.39, 0.29) is 18.2 Å². The van der Waals surface area contributed by atoms with E-state index in [0.29, 0.717) is 25.3 Å². The molecule has 0 spiro atoms. The van der Waals surface area contributed by atoms with Crippen LogP contribution >= 0.6 is 0 Å². The van der Waals surface area contributed by atoms with Gasteiger partial charge in [-0.05, 0) is 18.6 Å². The third-order valence-corrected chi connectivity index (χ3v) is 5.45. The molecule has 0 fully saturated rings. The number of ether oxygens (including phenoxy) is 1. The maximum absolute atomic E-state index is 12.4. The van der Waals surface area contributed by atoms with Crippen LogP contribution in [-0.2, 0) is 23.1 Å². The smallest absolute Gasteiger partial charge is 0.220 e. The van der Waals surface area contributed by atoms with Crippen LogP contribution in [-0.4, -0.2) is 35.1 Å². The first-order chi connectivity index (χ1) is 11.0. The summed E-state index contributed by atoms with van der Waals surface area (Å²) in [5.41, 5.74) is 7.02. The van der Waals surface area contributed by atoms with Crippen molar-refractivity contribution in [3.8, 4) is 5.75 Å². The van der Waals surface area contributed by atoms with Gasteiger partial charge in [-0.25, -0.2) is 18.4 Å². The van der Waals surface area contributed by atoms with Gasteiger partial charge in [0.15, 0.2) is 0 Å². The van der Waals surface area contributed by atoms with E-state index >= 15 is 0 Å². The second-order valence-corrected chi connectivity index (χ2v) is 7.39. The maximum atomic E-state index is 12.4. The Labute approximate surface area is 135 Å². The summed E-state index contributed by atoms with van der Waals surface area (Å²) in [6.07, 6.45) is 2.02. The van der Waals surface area contributed by atoms with Crippen LogP contribution in [0.5, 0.6) is 5.75 Å². The largest absolute Gasteiger partial charge is 0.494 e. The van der Waals surface area contributed by atoms with Crippen LogP contribution in [0, 0.1) is 0 Å². The Balaban J connectivity index is 1.52. The number of anilines is 1. The highest BCUT2D eigenvalue weighted by atomic mass is 32.2. The van der Waals surface area contributed by atoms with Gasteiger partial charge >= 0.3 is 0 Å². The minimum absolute atomic E-state index is 0.0384. The Morgan fingerprint density at radius 1 is 1.22 bits per heavy atom. The lowest BCUT2D eigenvalue weighted by atomic mass is 10.3. The molecular weight excluding hydrogens is 316 g/mol. The molecule has 0 saturated carbocycles. The molecule has 0 amide bonds. The molecule has 1 aliphatic heterocycles. The topological polar surface area (TPSA) is 98.4 Å². The number of nitrogen functional groups attached to an aromatic ring is 1. The third kappa shape index (κ3) is 3.77. The fourth-order valence-corrected chi connectivity index (χ4v) is 3.81. The maximum Gasteiger partial charge on any atom is 0.220 e. The molecule has 1 aromatic carbocycles. The van der Waals surface area contributed by atoms with Gasteiger partial charge in [0.05, 0.1) is 24.6 Å². The molecule has 0 aliphatic carbocycles. The number of fused-ring (bicyclic) bond motifs is 1. The van der Waals surface area contributed by atoms with Crippen molar-refractivity contribution in [2.45, 2.75) is 19.5 Å². The summed E-state index contributed by atoms with van der Waals surface area (Å²) in [6, 6.07) is 9.34. The van der Waals surface area contributed by atoms with E-state index in [1.807, 2.05) is 30.3 Å². The molecule has 2 aromatic rings. The van der Waals surface area contributed by atoms with Crippen molar-refractivity contribution in [2.75, 3.05) is 18.1 Å². The standard InChI is InChI=1S/C15H18N4O3S/c16-15-17-9-12-10-19(11-14(12)18-15)23(20,21)8-4-7-22-13-5-2-1-3-6-13/h1-3,5-6,9H,4,7-8,10-11H2,(H2,16,17,18). The number of nitrogens with two attached hydrogens (primary N) is 1. The molecule has 23 heavy (non-hydrogen) atoms. The van der Waals surface area contributed by atoms with Crippen LogP contribution in [0.1, 0.15) is 17.7 Å². The van der Waals surface area contributed by atoms with Gasteiger partial charge in [0, 0.05) is 18.3 Å². The van der Waals surface area contributed by atoms with Gasteiger partial charge in [-0.1, -0.05) is 18.2 Å². The highest BCUT2D eigenvalue weighted by Gasteiger charge is 2.30. The number of aromatic nitrogens is 2. The monoisotopic (exact) mass is 334 g/mol. The normalized spacial score (nSPS) is 14.6. The molecule has 0 unspecified atom stereocenters. The molecule has 122 valence electrons. The molecule has 0 atom stereocenters. The zero-order valence-electron chi connectivity index (χ0n) is 12.6. The molecule has 7 nitrogen and oxygen atoms in total. The molecule has 0 bridgehead atoms. The van der Waals surface area contributed by atoms with E-state index < -0.39 is 10.0 Å². The molecule has 3 rings (SSSR count). The fourth-order valence-electron chi connectivity index (χ4n) is 2.41. The van der Waals surface area contributed by atoms with Crippen LogP contribution in [0.25, 0.3) is 0 Å². The van der Waals surface area contributed by atoms with Gasteiger partial charge < -0.3 is 10.5 Å². The molecule has 1 aromatic heterocycles. The van der Waals surface area contributed by atoms with Crippen LogP contribution < -0.4 is 10.5 Å². The number of hydrogen-bond donors (Lipinski definition) is 1. The quantitative estimate of drug-likeness (QED) is 0.796. The first kappa shape index (κ1) is 15.7. The van der Waals surface area contributed by atoms with Crippen LogP contribution in [0.2, 0.25) is 0 Å². The second-order valence-electron chi connectivity index (χ2n) is 5.30. The summed E-state index contributed by atoms with van der Waals surface area (Å²) in [5.74, 6) is 0.944. The van der Waals surface area contributed by atoms with Crippen molar-refractivity contribution < 1.29 is 13.2 Å². The van der Waals surface area contributed by atoms with Crippen molar-refractivity contribution in [2.24, 2.45) is 0 Å². The van der Waals surface area contributed by atoms with Crippen molar-refractivity contribution in [3.05, 3.63) is 47.8 Å². The Kier molecular flexibility index (Phi) is 4.44. The Bertz CT molecular complexity index is 781. The summed E-state index contributed by atoms with van der Waals surface area (Å²) < 4.78 is 31.7. The lowest BCUT2D eigenvalue weighted by molar-refractivity contribution is 0.316. The molecule has 8 heteroatoms. The van der Waals surface area contributed by atoms with Crippen LogP contribution in [0.15, 0.2) is 36.5 Å². The molecule has 1 aliphatic rings. The number of sulfonamides is 1. The minimum Gasteiger partial charge on any atom is -0.494 e. The summed E-state index contributed by atoms with van der Waals surface area (Å²) in [6.45, 7) is 0.915. The van der Waals surface area contributed by atoms with Crippen molar-refractivity contribution >= 4 is 16.0 Å². The van der Waals surface area contributed by atoms with E-state index in [4.69, 9.17) is 10.5 Å². The SMILES string of the molecule is Nc1ncc2c(n1)CN(S(=O)(=O)CCCOc1ccccc1)C2. The van der Waals surface area contributed by atoms with Crippen molar-refractivity contribution in [1.82, 2.24) is 14.3 Å². The van der Waals surface area contributed by atoms with Crippen molar-refractivity contribution in [3.63, 3.8) is 0 Å². The van der Waals surface area contributed by atoms with Gasteiger partial charge in [-0.3, -0.25) is 0 Å². The number of para-hydroxylation sites is 1. The molecular formula is C15H18N4O3S. The Morgan fingerprint density at radius 3 is 2.78 bits per heavy atom. The Morgan fingerprint density at radius 2 is 2.00 bits per heavy atom. The predicted octanol–water partition coefficient (Wildman–Crippen LogP) is 1.17. The summed E-state index contributed by atoms with van der Waals surface area (Å²) >= 11 is 0. The van der Waals surface area contributed by atoms with Crippen LogP contribution in [0.3, 0.4) is 0 Å². The number of benzene rings is 1. The molecule has 0 radical (unpaired) electrons. The van der Waals surface area contributed by atoms with E-state index in [0.717, 1.165) is 11.3 Å². The van der Waals surface area contributed by atoms with Gasteiger partial charge in [0.2, 0.25) is 16.0 Å². The molecule has 0 saturated heterocycles. The minimum atomic E-state index is -3.35. The molecule has 2 heterocycles. The fraction of sp³-hybridized carbons (Fsp3) is 0.333. The highest BCUT2D eigenvalue weighted by Crippen LogP contribution is 2.24. The number of rotatable bonds is 6. The van der Waals surface area contributed by atoms with E-state index in [2.05, 4.69) is 9.97 Å². The van der Waals surface area contributed by atoms with E-state index in [1.54, 1.807) is 6.20 Å². The van der Waals surface area contributed by atoms with E-state index in [9.17, 15) is 8.42 Å².